The molecule has 1 rings (SSSR count). The summed E-state index contributed by atoms with van der Waals surface area (Å²) in [5.74, 6) is -0.272. The van der Waals surface area contributed by atoms with Gasteiger partial charge in [0.05, 0.1) is 6.04 Å². The van der Waals surface area contributed by atoms with Crippen molar-refractivity contribution in [2.45, 2.75) is 39.8 Å². The number of carbonyl (C=O) groups is 1. The maximum atomic E-state index is 12.8. The smallest absolute Gasteiger partial charge is 0.179 e. The standard InChI is InChI=1S/C14H20FNO/c1-5-16(10(2)3)11(4)14(17)12-6-8-13(15)9-7-12/h6-11H,5H2,1-4H3. The summed E-state index contributed by atoms with van der Waals surface area (Å²) in [6.45, 7) is 8.89. The number of likely N-dealkylation sites (N-methyl/N-ethyl adjacent to an activating group) is 1. The van der Waals surface area contributed by atoms with E-state index in [-0.39, 0.29) is 17.6 Å². The largest absolute Gasteiger partial charge is 0.292 e. The van der Waals surface area contributed by atoms with Gasteiger partial charge in [0.1, 0.15) is 5.82 Å². The molecule has 1 aromatic carbocycles. The monoisotopic (exact) mass is 237 g/mol. The molecule has 17 heavy (non-hydrogen) atoms. The van der Waals surface area contributed by atoms with Crippen LogP contribution in [0.1, 0.15) is 38.1 Å². The molecule has 0 spiro atoms. The van der Waals surface area contributed by atoms with Gasteiger partial charge < -0.3 is 0 Å². The van der Waals surface area contributed by atoms with E-state index < -0.39 is 0 Å². The zero-order valence-corrected chi connectivity index (χ0v) is 10.9. The molecule has 1 aromatic rings. The van der Waals surface area contributed by atoms with Crippen LogP contribution in [0.3, 0.4) is 0 Å². The number of nitrogens with zero attached hydrogens (tertiary/aromatic N) is 1. The fourth-order valence-corrected chi connectivity index (χ4v) is 2.09. The summed E-state index contributed by atoms with van der Waals surface area (Å²) in [6.07, 6.45) is 0. The van der Waals surface area contributed by atoms with E-state index in [0.717, 1.165) is 6.54 Å². The third-order valence-electron chi connectivity index (χ3n) is 3.03. The first-order chi connectivity index (χ1) is 7.97. The third-order valence-corrected chi connectivity index (χ3v) is 3.03. The molecule has 94 valence electrons. The Hall–Kier alpha value is -1.22. The minimum absolute atomic E-state index is 0.0422. The molecule has 0 aliphatic rings. The molecular formula is C14H20FNO. The van der Waals surface area contributed by atoms with E-state index in [2.05, 4.69) is 18.7 Å². The molecule has 0 N–H and O–H groups in total. The first-order valence-electron chi connectivity index (χ1n) is 6.02. The van der Waals surface area contributed by atoms with E-state index >= 15 is 0 Å². The van der Waals surface area contributed by atoms with Gasteiger partial charge in [-0.25, -0.2) is 4.39 Å². The SMILES string of the molecule is CCN(C(C)C)C(C)C(=O)c1ccc(F)cc1. The number of ketones is 1. The maximum Gasteiger partial charge on any atom is 0.179 e. The molecule has 0 saturated carbocycles. The van der Waals surface area contributed by atoms with Gasteiger partial charge in [-0.3, -0.25) is 9.69 Å². The summed E-state index contributed by atoms with van der Waals surface area (Å²) >= 11 is 0. The summed E-state index contributed by atoms with van der Waals surface area (Å²) in [5, 5.41) is 0. The van der Waals surface area contributed by atoms with Gasteiger partial charge in [-0.15, -0.1) is 0 Å². The average molecular weight is 237 g/mol. The van der Waals surface area contributed by atoms with E-state index in [0.29, 0.717) is 11.6 Å². The van der Waals surface area contributed by atoms with Gasteiger partial charge >= 0.3 is 0 Å². The Morgan fingerprint density at radius 1 is 1.24 bits per heavy atom. The van der Waals surface area contributed by atoms with E-state index in [1.165, 1.54) is 12.1 Å². The molecule has 0 heterocycles. The number of rotatable bonds is 5. The predicted molar refractivity (Wildman–Crippen MR) is 67.7 cm³/mol. The number of halogens is 1. The van der Waals surface area contributed by atoms with Crippen molar-refractivity contribution in [1.82, 2.24) is 4.90 Å². The second-order valence-electron chi connectivity index (χ2n) is 4.47. The summed E-state index contributed by atoms with van der Waals surface area (Å²) in [5.41, 5.74) is 0.568. The summed E-state index contributed by atoms with van der Waals surface area (Å²) < 4.78 is 12.8. The number of carbonyl (C=O) groups excluding carboxylic acids is 1. The molecule has 0 saturated heterocycles. The topological polar surface area (TPSA) is 20.3 Å². The molecule has 0 fully saturated rings. The Morgan fingerprint density at radius 3 is 2.18 bits per heavy atom. The maximum absolute atomic E-state index is 12.8. The van der Waals surface area contributed by atoms with Crippen LogP contribution in [0.25, 0.3) is 0 Å². The van der Waals surface area contributed by atoms with Gasteiger partial charge in [0, 0.05) is 11.6 Å². The fraction of sp³-hybridized carbons (Fsp3) is 0.500. The first-order valence-corrected chi connectivity index (χ1v) is 6.02. The van der Waals surface area contributed by atoms with Gasteiger partial charge in [0.15, 0.2) is 5.78 Å². The van der Waals surface area contributed by atoms with E-state index in [1.807, 2.05) is 13.8 Å². The van der Waals surface area contributed by atoms with E-state index in [4.69, 9.17) is 0 Å². The Labute approximate surface area is 102 Å². The molecule has 1 atom stereocenters. The molecule has 0 aliphatic heterocycles. The second-order valence-corrected chi connectivity index (χ2v) is 4.47. The Kier molecular flexibility index (Phi) is 4.82. The van der Waals surface area contributed by atoms with Gasteiger partial charge in [-0.1, -0.05) is 6.92 Å². The molecule has 0 amide bonds. The minimum Gasteiger partial charge on any atom is -0.292 e. The van der Waals surface area contributed by atoms with Gasteiger partial charge in [0.25, 0.3) is 0 Å². The normalized spacial score (nSPS) is 13.1. The van der Waals surface area contributed by atoms with Crippen LogP contribution in [0, 0.1) is 5.82 Å². The molecule has 0 bridgehead atoms. The van der Waals surface area contributed by atoms with Crippen LogP contribution in [-0.2, 0) is 0 Å². The summed E-state index contributed by atoms with van der Waals surface area (Å²) in [7, 11) is 0. The zero-order chi connectivity index (χ0) is 13.0. The lowest BCUT2D eigenvalue weighted by molar-refractivity contribution is 0.0800. The molecule has 2 nitrogen and oxygen atoms in total. The summed E-state index contributed by atoms with van der Waals surface area (Å²) in [4.78, 5) is 14.3. The van der Waals surface area contributed by atoms with Crippen molar-refractivity contribution in [2.75, 3.05) is 6.54 Å². The van der Waals surface area contributed by atoms with Gasteiger partial charge in [-0.05, 0) is 51.6 Å². The molecule has 0 aliphatic carbocycles. The Balaban J connectivity index is 2.85. The lowest BCUT2D eigenvalue weighted by Crippen LogP contribution is -2.43. The highest BCUT2D eigenvalue weighted by Gasteiger charge is 2.23. The second kappa shape index (κ2) is 5.92. The van der Waals surface area contributed by atoms with Crippen molar-refractivity contribution in [3.05, 3.63) is 35.6 Å². The van der Waals surface area contributed by atoms with Gasteiger partial charge in [-0.2, -0.15) is 0 Å². The highest BCUT2D eigenvalue weighted by molar-refractivity contribution is 5.99. The van der Waals surface area contributed by atoms with E-state index in [1.54, 1.807) is 12.1 Å². The molecular weight excluding hydrogens is 217 g/mol. The van der Waals surface area contributed by atoms with E-state index in [9.17, 15) is 9.18 Å². The lowest BCUT2D eigenvalue weighted by atomic mass is 10.0. The predicted octanol–water partition coefficient (Wildman–Crippen LogP) is 3.13. The Morgan fingerprint density at radius 2 is 1.76 bits per heavy atom. The van der Waals surface area contributed by atoms with Crippen molar-refractivity contribution < 1.29 is 9.18 Å². The zero-order valence-electron chi connectivity index (χ0n) is 10.9. The molecule has 3 heteroatoms. The molecule has 0 aromatic heterocycles. The molecule has 0 radical (unpaired) electrons. The van der Waals surface area contributed by atoms with Crippen LogP contribution in [0.4, 0.5) is 4.39 Å². The van der Waals surface area contributed by atoms with Gasteiger partial charge in [0.2, 0.25) is 0 Å². The Bertz CT molecular complexity index is 372. The van der Waals surface area contributed by atoms with Crippen LogP contribution in [0.15, 0.2) is 24.3 Å². The van der Waals surface area contributed by atoms with Crippen LogP contribution < -0.4 is 0 Å². The summed E-state index contributed by atoms with van der Waals surface area (Å²) in [6, 6.07) is 5.88. The van der Waals surface area contributed by atoms with Crippen molar-refractivity contribution in [2.24, 2.45) is 0 Å². The first kappa shape index (κ1) is 13.8. The van der Waals surface area contributed by atoms with Crippen molar-refractivity contribution in [3.8, 4) is 0 Å². The fourth-order valence-electron chi connectivity index (χ4n) is 2.09. The quantitative estimate of drug-likeness (QED) is 0.733. The average Bonchev–Trinajstić information content (AvgIpc) is 2.29. The number of benzene rings is 1. The lowest BCUT2D eigenvalue weighted by Gasteiger charge is -2.30. The minimum atomic E-state index is -0.314. The van der Waals surface area contributed by atoms with Crippen molar-refractivity contribution in [1.29, 1.82) is 0 Å². The van der Waals surface area contributed by atoms with Crippen LogP contribution in [-0.4, -0.2) is 29.3 Å². The molecule has 1 unspecified atom stereocenters. The van der Waals surface area contributed by atoms with Crippen LogP contribution in [0.2, 0.25) is 0 Å². The third kappa shape index (κ3) is 3.37. The van der Waals surface area contributed by atoms with Crippen LogP contribution in [0.5, 0.6) is 0 Å². The number of Topliss-reactive ketones (excluding diaryl/α,β-unsaturated/α-hetero) is 1. The van der Waals surface area contributed by atoms with Crippen molar-refractivity contribution >= 4 is 5.78 Å². The highest BCUT2D eigenvalue weighted by Crippen LogP contribution is 2.12. The number of hydrogen-bond acceptors (Lipinski definition) is 2. The van der Waals surface area contributed by atoms with Crippen LogP contribution >= 0.6 is 0 Å². The van der Waals surface area contributed by atoms with Crippen molar-refractivity contribution in [3.63, 3.8) is 0 Å². The number of hydrogen-bond donors (Lipinski definition) is 0. The highest BCUT2D eigenvalue weighted by atomic mass is 19.1.